The minimum absolute atomic E-state index is 0.0411. The number of carbonyl (C=O) groups excluding carboxylic acids is 1. The third kappa shape index (κ3) is 3.07. The summed E-state index contributed by atoms with van der Waals surface area (Å²) in [4.78, 5) is 22.3. The SMILES string of the molecule is COC(=O)C1=C[C@]23CCO[C@H]2[C@@]2(CC4=C5N(C2)c2c(OC)cccc2[C@@]52CCN5CC[C@@H]6OCC[C@]6(C4)[C@H]52)CN2CCc4c(n1c1ccccc41)[C@@H]23. The summed E-state index contributed by atoms with van der Waals surface area (Å²) >= 11 is 0. The van der Waals surface area contributed by atoms with Crippen LogP contribution in [0.4, 0.5) is 5.69 Å². The van der Waals surface area contributed by atoms with Gasteiger partial charge in [-0.05, 0) is 86.4 Å². The highest BCUT2D eigenvalue weighted by molar-refractivity contribution is 6.13. The first-order valence-electron chi connectivity index (χ1n) is 19.8. The van der Waals surface area contributed by atoms with E-state index in [0.29, 0.717) is 24.4 Å². The van der Waals surface area contributed by atoms with Crippen molar-refractivity contribution in [2.24, 2.45) is 16.2 Å². The molecule has 1 aromatic heterocycles. The predicted molar refractivity (Wildman–Crippen MR) is 195 cm³/mol. The van der Waals surface area contributed by atoms with Gasteiger partial charge in [0.2, 0.25) is 0 Å². The van der Waals surface area contributed by atoms with Gasteiger partial charge in [-0.25, -0.2) is 4.79 Å². The summed E-state index contributed by atoms with van der Waals surface area (Å²) in [6, 6.07) is 16.1. The van der Waals surface area contributed by atoms with Crippen LogP contribution in [0.15, 0.2) is 59.8 Å². The molecule has 8 atom stereocenters. The third-order valence-corrected chi connectivity index (χ3v) is 16.2. The molecule has 0 bridgehead atoms. The van der Waals surface area contributed by atoms with Gasteiger partial charge in [0.1, 0.15) is 11.4 Å². The van der Waals surface area contributed by atoms with Crippen molar-refractivity contribution in [3.63, 3.8) is 0 Å². The fraction of sp³-hybridized carbons (Fsp3) is 0.558. The first-order chi connectivity index (χ1) is 25.5. The van der Waals surface area contributed by atoms with Crippen LogP contribution < -0.4 is 9.64 Å². The van der Waals surface area contributed by atoms with Gasteiger partial charge in [0.15, 0.2) is 0 Å². The molecular weight excluding hydrogens is 652 g/mol. The van der Waals surface area contributed by atoms with Gasteiger partial charge >= 0.3 is 5.97 Å². The van der Waals surface area contributed by atoms with Gasteiger partial charge in [0.05, 0.1) is 49.1 Å². The molecule has 4 spiro atoms. The first-order valence-corrected chi connectivity index (χ1v) is 19.8. The normalized spacial score (nSPS) is 40.3. The number of hydrogen-bond donors (Lipinski definition) is 0. The van der Waals surface area contributed by atoms with Crippen LogP contribution in [0.25, 0.3) is 16.6 Å². The average Bonchev–Trinajstić information content (AvgIpc) is 3.99. The van der Waals surface area contributed by atoms with Crippen LogP contribution in [0.3, 0.4) is 0 Å². The number of rotatable bonds is 2. The number of piperidine rings is 2. The number of carbonyl (C=O) groups is 1. The van der Waals surface area contributed by atoms with Crippen LogP contribution in [0, 0.1) is 16.2 Å². The van der Waals surface area contributed by atoms with Crippen molar-refractivity contribution in [2.45, 2.75) is 74.7 Å². The lowest BCUT2D eigenvalue weighted by Crippen LogP contribution is -2.69. The molecule has 0 saturated carbocycles. The molecule has 5 fully saturated rings. The molecule has 0 unspecified atom stereocenters. The molecule has 10 heterocycles. The van der Waals surface area contributed by atoms with Gasteiger partial charge in [-0.1, -0.05) is 30.3 Å². The van der Waals surface area contributed by atoms with E-state index in [1.54, 1.807) is 11.3 Å². The highest BCUT2D eigenvalue weighted by atomic mass is 16.5. The lowest BCUT2D eigenvalue weighted by Gasteiger charge is -2.64. The van der Waals surface area contributed by atoms with Crippen molar-refractivity contribution in [3.05, 3.63) is 76.6 Å². The highest BCUT2D eigenvalue weighted by Crippen LogP contribution is 2.73. The van der Waals surface area contributed by atoms with Gasteiger partial charge in [-0.15, -0.1) is 0 Å². The average molecular weight is 699 g/mol. The van der Waals surface area contributed by atoms with E-state index in [0.717, 1.165) is 95.5 Å². The molecule has 0 radical (unpaired) electrons. The quantitative estimate of drug-likeness (QED) is 0.329. The lowest BCUT2D eigenvalue weighted by molar-refractivity contribution is -0.140. The fourth-order valence-corrected chi connectivity index (χ4v) is 15.1. The van der Waals surface area contributed by atoms with Crippen LogP contribution >= 0.6 is 0 Å². The zero-order valence-electron chi connectivity index (χ0n) is 30.2. The summed E-state index contributed by atoms with van der Waals surface area (Å²) in [6.07, 6.45) is 10.1. The van der Waals surface area contributed by atoms with E-state index < -0.39 is 0 Å². The number of anilines is 1. The van der Waals surface area contributed by atoms with Gasteiger partial charge in [-0.2, -0.15) is 0 Å². The Morgan fingerprint density at radius 2 is 1.83 bits per heavy atom. The predicted octanol–water partition coefficient (Wildman–Crippen LogP) is 5.42. The standard InChI is InChI=1S/C43H46N4O5/c1-49-31-9-5-7-28-34(31)46-24-40(20-25-21-41-13-18-51-32(41)11-16-44-17-12-43(28,35(25)46)38(41)44)23-45-15-10-27-26-6-3-4-8-29(26)47-30(37(48)50-2)22-42(36(45)33(27)47)14-19-52-39(40)42/h3-9,22,32,36,38-39H,10-21,23-24H2,1-2H3/t32-,36+,38-,39-,40-,41+,42-,43-/m0/s1. The summed E-state index contributed by atoms with van der Waals surface area (Å²) in [5, 5.41) is 1.26. The van der Waals surface area contributed by atoms with Crippen molar-refractivity contribution >= 4 is 28.3 Å². The third-order valence-electron chi connectivity index (χ3n) is 16.2. The second-order valence-corrected chi connectivity index (χ2v) is 17.9. The number of esters is 1. The minimum atomic E-state index is -0.343. The largest absolute Gasteiger partial charge is 0.495 e. The zero-order valence-corrected chi connectivity index (χ0v) is 30.2. The molecule has 52 heavy (non-hydrogen) atoms. The molecule has 1 aliphatic carbocycles. The molecule has 10 aliphatic rings. The summed E-state index contributed by atoms with van der Waals surface area (Å²) in [5.74, 6) is 0.724. The smallest absolute Gasteiger partial charge is 0.354 e. The van der Waals surface area contributed by atoms with E-state index in [1.165, 1.54) is 35.0 Å². The summed E-state index contributed by atoms with van der Waals surface area (Å²) in [7, 11) is 3.37. The van der Waals surface area contributed by atoms with E-state index in [2.05, 4.69) is 67.8 Å². The molecule has 3 aromatic rings. The molecule has 13 rings (SSSR count). The second-order valence-electron chi connectivity index (χ2n) is 17.9. The second kappa shape index (κ2) is 9.53. The Balaban J connectivity index is 1.05. The molecule has 9 aliphatic heterocycles. The monoisotopic (exact) mass is 698 g/mol. The number of methoxy groups -OCH3 is 2. The van der Waals surface area contributed by atoms with Crippen LogP contribution in [0.5, 0.6) is 5.75 Å². The van der Waals surface area contributed by atoms with Crippen molar-refractivity contribution in [2.75, 3.05) is 65.1 Å². The molecule has 268 valence electrons. The number of benzene rings is 2. The number of allylic oxidation sites excluding steroid dienone is 1. The number of fused-ring (bicyclic) bond motifs is 6. The highest BCUT2D eigenvalue weighted by Gasteiger charge is 2.74. The van der Waals surface area contributed by atoms with Crippen LogP contribution in [-0.2, 0) is 30.8 Å². The fourth-order valence-electron chi connectivity index (χ4n) is 15.1. The van der Waals surface area contributed by atoms with E-state index >= 15 is 0 Å². The Bertz CT molecular complexity index is 2220. The van der Waals surface area contributed by atoms with E-state index in [9.17, 15) is 4.79 Å². The van der Waals surface area contributed by atoms with Gasteiger partial charge < -0.3 is 28.4 Å². The number of aromatic nitrogens is 1. The molecule has 2 aromatic carbocycles. The molecule has 0 N–H and O–H groups in total. The Labute approximate surface area is 304 Å². The Kier molecular flexibility index (Phi) is 5.46. The van der Waals surface area contributed by atoms with Crippen molar-refractivity contribution in [3.8, 4) is 5.75 Å². The van der Waals surface area contributed by atoms with Gasteiger partial charge in [0.25, 0.3) is 0 Å². The maximum absolute atomic E-state index is 13.9. The van der Waals surface area contributed by atoms with Crippen molar-refractivity contribution < 1.29 is 23.7 Å². The Hall–Kier alpha value is -3.63. The zero-order chi connectivity index (χ0) is 34.4. The van der Waals surface area contributed by atoms with E-state index in [-0.39, 0.29) is 39.8 Å². The molecule has 5 saturated heterocycles. The molecule has 9 heteroatoms. The maximum Gasteiger partial charge on any atom is 0.354 e. The number of ether oxygens (including phenoxy) is 4. The first kappa shape index (κ1) is 29.8. The van der Waals surface area contributed by atoms with Crippen LogP contribution in [-0.4, -0.2) is 98.7 Å². The molecule has 0 amide bonds. The Morgan fingerprint density at radius 1 is 0.923 bits per heavy atom. The van der Waals surface area contributed by atoms with Crippen LogP contribution in [0.1, 0.15) is 61.4 Å². The minimum Gasteiger partial charge on any atom is -0.495 e. The van der Waals surface area contributed by atoms with Crippen molar-refractivity contribution in [1.82, 2.24) is 14.4 Å². The number of hydrogen-bond acceptors (Lipinski definition) is 8. The lowest BCUT2D eigenvalue weighted by atomic mass is 9.50. The maximum atomic E-state index is 13.9. The topological polar surface area (TPSA) is 68.6 Å². The van der Waals surface area contributed by atoms with E-state index in [1.807, 2.05) is 7.11 Å². The van der Waals surface area contributed by atoms with E-state index in [4.69, 9.17) is 18.9 Å². The number of nitrogens with zero attached hydrogens (tertiary/aromatic N) is 4. The summed E-state index contributed by atoms with van der Waals surface area (Å²) in [6.45, 7) is 6.72. The van der Waals surface area contributed by atoms with Crippen LogP contribution in [0.2, 0.25) is 0 Å². The van der Waals surface area contributed by atoms with Gasteiger partial charge in [-0.3, -0.25) is 9.80 Å². The van der Waals surface area contributed by atoms with Crippen molar-refractivity contribution in [1.29, 1.82) is 0 Å². The Morgan fingerprint density at radius 3 is 2.73 bits per heavy atom. The number of para-hydroxylation sites is 2. The summed E-state index contributed by atoms with van der Waals surface area (Å²) in [5.41, 5.74) is 10.0. The molecule has 9 nitrogen and oxygen atoms in total. The summed E-state index contributed by atoms with van der Waals surface area (Å²) < 4.78 is 28.0. The molecular formula is C43H46N4O5. The van der Waals surface area contributed by atoms with Gasteiger partial charge in [0, 0.05) is 78.5 Å².